The Morgan fingerprint density at radius 1 is 1.58 bits per heavy atom. The smallest absolute Gasteiger partial charge is 0.292 e. The Hall–Kier alpha value is -1.15. The number of nitrogens with zero attached hydrogens (tertiary/aromatic N) is 1. The van der Waals surface area contributed by atoms with Gasteiger partial charge in [-0.3, -0.25) is 10.1 Å². The van der Waals surface area contributed by atoms with Crippen LogP contribution >= 0.6 is 9.39 Å². The zero-order valence-corrected chi connectivity index (χ0v) is 7.73. The van der Waals surface area contributed by atoms with Crippen LogP contribution in [0.1, 0.15) is 5.56 Å². The summed E-state index contributed by atoms with van der Waals surface area (Å²) in [5, 5.41) is 13.2. The van der Waals surface area contributed by atoms with E-state index in [0.29, 0.717) is 5.69 Å². The number of hydrogen-bond donors (Lipinski definition) is 1. The topological polar surface area (TPSA) is 55.2 Å². The summed E-state index contributed by atoms with van der Waals surface area (Å²) >= 11 is 0. The molecule has 0 radical (unpaired) electrons. The van der Waals surface area contributed by atoms with Crippen molar-refractivity contribution in [3.63, 3.8) is 0 Å². The normalized spacial score (nSPS) is 9.50. The number of hydrogen-bond acceptors (Lipinski definition) is 3. The van der Waals surface area contributed by atoms with Crippen molar-refractivity contribution in [2.24, 2.45) is 0 Å². The Balaban J connectivity index is 3.27. The third kappa shape index (κ3) is 1.53. The summed E-state index contributed by atoms with van der Waals surface area (Å²) in [5.74, 6) is 0. The summed E-state index contributed by atoms with van der Waals surface area (Å²) < 4.78 is 0. The third-order valence-corrected chi connectivity index (χ3v) is 1.88. The van der Waals surface area contributed by atoms with Crippen LogP contribution in [-0.2, 0) is 0 Å². The molecule has 1 rings (SSSR count). The Bertz CT molecular complexity index is 314. The fraction of sp³-hybridized carbons (Fsp3) is 0.143. The molecule has 0 aromatic heterocycles. The maximum atomic E-state index is 10.5. The molecule has 0 amide bonds. The van der Waals surface area contributed by atoms with E-state index in [1.54, 1.807) is 6.07 Å². The standard InChI is InChI=1S/C7H9N2O2P/c1-5-3-2-4-6(9(10)11)7(5)8-12/h2-4,8H,12H2,1H3. The van der Waals surface area contributed by atoms with Crippen LogP contribution < -0.4 is 5.09 Å². The van der Waals surface area contributed by atoms with Crippen molar-refractivity contribution in [2.75, 3.05) is 5.09 Å². The van der Waals surface area contributed by atoms with Gasteiger partial charge in [0, 0.05) is 6.07 Å². The summed E-state index contributed by atoms with van der Waals surface area (Å²) in [6.07, 6.45) is 0. The minimum Gasteiger partial charge on any atom is -0.364 e. The predicted octanol–water partition coefficient (Wildman–Crippen LogP) is 2.11. The van der Waals surface area contributed by atoms with Gasteiger partial charge < -0.3 is 5.09 Å². The Morgan fingerprint density at radius 3 is 2.67 bits per heavy atom. The van der Waals surface area contributed by atoms with Gasteiger partial charge in [0.25, 0.3) is 5.69 Å². The molecule has 0 aliphatic heterocycles. The van der Waals surface area contributed by atoms with Gasteiger partial charge in [-0.05, 0) is 21.9 Å². The quantitative estimate of drug-likeness (QED) is 0.435. The van der Waals surface area contributed by atoms with Crippen molar-refractivity contribution in [3.8, 4) is 0 Å². The van der Waals surface area contributed by atoms with E-state index in [0.717, 1.165) is 5.56 Å². The highest BCUT2D eigenvalue weighted by Gasteiger charge is 2.12. The highest BCUT2D eigenvalue weighted by atomic mass is 31.0. The van der Waals surface area contributed by atoms with Crippen LogP contribution in [0.5, 0.6) is 0 Å². The minimum absolute atomic E-state index is 0.102. The fourth-order valence-electron chi connectivity index (χ4n) is 0.992. The molecule has 0 bridgehead atoms. The molecular formula is C7H9N2O2P. The number of rotatable bonds is 2. The SMILES string of the molecule is Cc1cccc([N+](=O)[O-])c1NP. The van der Waals surface area contributed by atoms with Gasteiger partial charge in [0.05, 0.1) is 4.92 Å². The number of nitrogens with one attached hydrogen (secondary N) is 1. The molecule has 0 aliphatic carbocycles. The van der Waals surface area contributed by atoms with E-state index in [4.69, 9.17) is 0 Å². The van der Waals surface area contributed by atoms with Crippen LogP contribution in [0.25, 0.3) is 0 Å². The molecule has 1 aromatic carbocycles. The third-order valence-electron chi connectivity index (χ3n) is 1.59. The predicted molar refractivity (Wildman–Crippen MR) is 51.2 cm³/mol. The number of aryl methyl sites for hydroxylation is 1. The molecule has 0 spiro atoms. The maximum absolute atomic E-state index is 10.5. The molecule has 0 fully saturated rings. The molecule has 1 unspecified atom stereocenters. The van der Waals surface area contributed by atoms with E-state index in [9.17, 15) is 10.1 Å². The van der Waals surface area contributed by atoms with Gasteiger partial charge in [-0.15, -0.1) is 0 Å². The average Bonchev–Trinajstić information content (AvgIpc) is 2.03. The molecule has 0 saturated carbocycles. The zero-order chi connectivity index (χ0) is 9.14. The van der Waals surface area contributed by atoms with E-state index in [-0.39, 0.29) is 5.69 Å². The van der Waals surface area contributed by atoms with Crippen molar-refractivity contribution in [1.82, 2.24) is 0 Å². The lowest BCUT2D eigenvalue weighted by atomic mass is 10.2. The fourth-order valence-corrected chi connectivity index (χ4v) is 1.37. The second kappa shape index (κ2) is 3.50. The number of para-hydroxylation sites is 1. The second-order valence-electron chi connectivity index (χ2n) is 2.37. The Labute approximate surface area is 72.4 Å². The van der Waals surface area contributed by atoms with Gasteiger partial charge in [0.15, 0.2) is 0 Å². The van der Waals surface area contributed by atoms with Gasteiger partial charge >= 0.3 is 0 Å². The minimum atomic E-state index is -0.403. The maximum Gasteiger partial charge on any atom is 0.292 e. The van der Waals surface area contributed by atoms with Crippen molar-refractivity contribution < 1.29 is 4.92 Å². The monoisotopic (exact) mass is 184 g/mol. The first-order valence-corrected chi connectivity index (χ1v) is 3.95. The van der Waals surface area contributed by atoms with E-state index in [1.165, 1.54) is 6.07 Å². The highest BCUT2D eigenvalue weighted by molar-refractivity contribution is 7.18. The molecule has 12 heavy (non-hydrogen) atoms. The first kappa shape index (κ1) is 8.94. The summed E-state index contributed by atoms with van der Waals surface area (Å²) in [6.45, 7) is 1.82. The number of nitro groups is 1. The Kier molecular flexibility index (Phi) is 2.61. The summed E-state index contributed by atoms with van der Waals surface area (Å²) in [5.41, 5.74) is 1.51. The zero-order valence-electron chi connectivity index (χ0n) is 6.57. The van der Waals surface area contributed by atoms with E-state index in [1.807, 2.05) is 13.0 Å². The first-order chi connectivity index (χ1) is 5.66. The van der Waals surface area contributed by atoms with Crippen LogP contribution in [0.3, 0.4) is 0 Å². The molecule has 0 saturated heterocycles. The van der Waals surface area contributed by atoms with Gasteiger partial charge in [0.1, 0.15) is 5.69 Å². The summed E-state index contributed by atoms with van der Waals surface area (Å²) in [4.78, 5) is 10.1. The molecule has 4 nitrogen and oxygen atoms in total. The van der Waals surface area contributed by atoms with Crippen LogP contribution in [-0.4, -0.2) is 4.92 Å². The second-order valence-corrected chi connectivity index (χ2v) is 2.66. The van der Waals surface area contributed by atoms with Crippen LogP contribution in [0.4, 0.5) is 11.4 Å². The molecule has 1 atom stereocenters. The molecule has 1 aromatic rings. The van der Waals surface area contributed by atoms with Crippen LogP contribution in [0, 0.1) is 17.0 Å². The number of nitro benzene ring substituents is 1. The first-order valence-electron chi connectivity index (χ1n) is 3.37. The van der Waals surface area contributed by atoms with Gasteiger partial charge in [-0.25, -0.2) is 0 Å². The molecule has 0 heterocycles. The summed E-state index contributed by atoms with van der Waals surface area (Å²) in [6, 6.07) is 4.96. The molecule has 1 N–H and O–H groups in total. The van der Waals surface area contributed by atoms with Crippen molar-refractivity contribution in [1.29, 1.82) is 0 Å². The number of anilines is 1. The highest BCUT2D eigenvalue weighted by Crippen LogP contribution is 2.28. The van der Waals surface area contributed by atoms with Gasteiger partial charge in [-0.1, -0.05) is 12.1 Å². The van der Waals surface area contributed by atoms with Crippen molar-refractivity contribution in [2.45, 2.75) is 6.92 Å². The van der Waals surface area contributed by atoms with Gasteiger partial charge in [0.2, 0.25) is 0 Å². The van der Waals surface area contributed by atoms with Crippen molar-refractivity contribution in [3.05, 3.63) is 33.9 Å². The lowest BCUT2D eigenvalue weighted by molar-refractivity contribution is -0.383. The molecule has 64 valence electrons. The average molecular weight is 184 g/mol. The van der Waals surface area contributed by atoms with E-state index < -0.39 is 4.92 Å². The lowest BCUT2D eigenvalue weighted by Gasteiger charge is -2.03. The van der Waals surface area contributed by atoms with E-state index in [2.05, 4.69) is 14.5 Å². The lowest BCUT2D eigenvalue weighted by Crippen LogP contribution is -1.94. The van der Waals surface area contributed by atoms with Crippen LogP contribution in [0.2, 0.25) is 0 Å². The van der Waals surface area contributed by atoms with Gasteiger partial charge in [-0.2, -0.15) is 0 Å². The van der Waals surface area contributed by atoms with Crippen LogP contribution in [0.15, 0.2) is 18.2 Å². The Morgan fingerprint density at radius 2 is 2.25 bits per heavy atom. The number of benzene rings is 1. The molecule has 5 heteroatoms. The molecule has 0 aliphatic rings. The summed E-state index contributed by atoms with van der Waals surface area (Å²) in [7, 11) is 2.25. The van der Waals surface area contributed by atoms with E-state index >= 15 is 0 Å². The van der Waals surface area contributed by atoms with Crippen molar-refractivity contribution >= 4 is 20.8 Å². The largest absolute Gasteiger partial charge is 0.364 e. The molecular weight excluding hydrogens is 175 g/mol.